The number of furan rings is 1. The number of thioether (sulfide) groups is 1. The van der Waals surface area contributed by atoms with Crippen LogP contribution in [0, 0.1) is 0 Å². The first-order chi connectivity index (χ1) is 9.42. The van der Waals surface area contributed by atoms with E-state index in [1.807, 2.05) is 0 Å². The molecule has 0 N–H and O–H groups in total. The Bertz CT molecular complexity index is 605. The topological polar surface area (TPSA) is 76.8 Å². The summed E-state index contributed by atoms with van der Waals surface area (Å²) in [5.74, 6) is -0.793. The summed E-state index contributed by atoms with van der Waals surface area (Å²) in [6, 6.07) is 1.65. The molecule has 0 radical (unpaired) electrons. The van der Waals surface area contributed by atoms with E-state index in [1.165, 1.54) is 13.2 Å². The second kappa shape index (κ2) is 6.15. The van der Waals surface area contributed by atoms with E-state index >= 15 is 0 Å². The largest absolute Gasteiger partial charge is 0.468 e. The maximum absolute atomic E-state index is 12.0. The van der Waals surface area contributed by atoms with Gasteiger partial charge in [0.1, 0.15) is 12.3 Å². The summed E-state index contributed by atoms with van der Waals surface area (Å²) in [7, 11) is 1.19. The zero-order valence-corrected chi connectivity index (χ0v) is 14.0. The Hall–Kier alpha value is -1.06. The predicted molar refractivity (Wildman–Crippen MR) is 78.8 cm³/mol. The fraction of sp³-hybridized carbons (Fsp3) is 0.182. The Morgan fingerprint density at radius 2 is 2.20 bits per heavy atom. The lowest BCUT2D eigenvalue weighted by molar-refractivity contribution is -0.143. The molecule has 0 aliphatic carbocycles. The molecule has 1 aromatic heterocycles. The van der Waals surface area contributed by atoms with Crippen LogP contribution in [0.4, 0.5) is 4.79 Å². The molecule has 0 atom stereocenters. The molecule has 9 heteroatoms. The summed E-state index contributed by atoms with van der Waals surface area (Å²) in [5.41, 5.74) is 0. The molecule has 0 spiro atoms. The van der Waals surface area contributed by atoms with E-state index in [0.717, 1.165) is 16.7 Å². The Balaban J connectivity index is 2.21. The third-order valence-electron chi connectivity index (χ3n) is 2.33. The first kappa shape index (κ1) is 15.3. The van der Waals surface area contributed by atoms with Gasteiger partial charge in [0.25, 0.3) is 11.1 Å². The molecule has 2 heterocycles. The van der Waals surface area contributed by atoms with Gasteiger partial charge in [0.2, 0.25) is 0 Å². The van der Waals surface area contributed by atoms with Gasteiger partial charge in [0.15, 0.2) is 4.67 Å². The summed E-state index contributed by atoms with van der Waals surface area (Å²) < 4.78 is 10.9. The molecule has 0 aromatic carbocycles. The number of rotatable bonds is 3. The second-order valence-corrected chi connectivity index (χ2v) is 6.18. The average molecular weight is 425 g/mol. The van der Waals surface area contributed by atoms with Crippen molar-refractivity contribution in [3.8, 4) is 0 Å². The van der Waals surface area contributed by atoms with Gasteiger partial charge >= 0.3 is 5.97 Å². The molecule has 6 nitrogen and oxygen atoms in total. The van der Waals surface area contributed by atoms with Crippen molar-refractivity contribution in [3.05, 3.63) is 25.9 Å². The van der Waals surface area contributed by atoms with E-state index in [4.69, 9.17) is 4.42 Å². The quantitative estimate of drug-likeness (QED) is 0.548. The summed E-state index contributed by atoms with van der Waals surface area (Å²) >= 11 is 7.16. The third kappa shape index (κ3) is 3.15. The molecule has 2 amide bonds. The van der Waals surface area contributed by atoms with Crippen LogP contribution in [-0.2, 0) is 14.3 Å². The Morgan fingerprint density at radius 1 is 1.50 bits per heavy atom. The van der Waals surface area contributed by atoms with Crippen LogP contribution in [0.2, 0.25) is 0 Å². The molecule has 0 saturated carbocycles. The molecule has 1 aliphatic heterocycles. The molecule has 1 saturated heterocycles. The number of esters is 1. The van der Waals surface area contributed by atoms with Crippen molar-refractivity contribution < 1.29 is 23.5 Å². The number of carbonyl (C=O) groups is 3. The Labute approximate surface area is 134 Å². The first-order valence-corrected chi connectivity index (χ1v) is 7.59. The zero-order valence-electron chi connectivity index (χ0n) is 10.0. The highest BCUT2D eigenvalue weighted by Crippen LogP contribution is 2.34. The zero-order chi connectivity index (χ0) is 14.9. The van der Waals surface area contributed by atoms with Crippen molar-refractivity contribution in [2.45, 2.75) is 0 Å². The Kier molecular flexibility index (Phi) is 4.71. The number of halogens is 2. The molecule has 106 valence electrons. The fourth-order valence-electron chi connectivity index (χ4n) is 1.39. The number of ether oxygens (including phenoxy) is 1. The van der Waals surface area contributed by atoms with Gasteiger partial charge in [0.05, 0.1) is 16.5 Å². The van der Waals surface area contributed by atoms with Crippen molar-refractivity contribution >= 4 is 66.8 Å². The minimum Gasteiger partial charge on any atom is -0.468 e. The lowest BCUT2D eigenvalue weighted by atomic mass is 10.3. The number of carbonyl (C=O) groups excluding carboxylic acids is 3. The van der Waals surface area contributed by atoms with Crippen molar-refractivity contribution in [1.82, 2.24) is 4.90 Å². The SMILES string of the molecule is COC(=O)CN1C(=O)SC(=Cc2cc(Br)c(Br)o2)C1=O. The number of imide groups is 1. The minimum absolute atomic E-state index is 0.188. The molecule has 0 bridgehead atoms. The summed E-state index contributed by atoms with van der Waals surface area (Å²) in [5, 5.41) is -0.517. The van der Waals surface area contributed by atoms with Gasteiger partial charge in [-0.1, -0.05) is 0 Å². The van der Waals surface area contributed by atoms with E-state index in [2.05, 4.69) is 36.6 Å². The molecular formula is C11H7Br2NO5S. The van der Waals surface area contributed by atoms with Crippen molar-refractivity contribution in [1.29, 1.82) is 0 Å². The number of hydrogen-bond donors (Lipinski definition) is 0. The molecule has 1 fully saturated rings. The van der Waals surface area contributed by atoms with E-state index in [0.29, 0.717) is 14.9 Å². The summed E-state index contributed by atoms with van der Waals surface area (Å²) in [6.07, 6.45) is 1.44. The van der Waals surface area contributed by atoms with Gasteiger partial charge in [-0.2, -0.15) is 0 Å². The van der Waals surface area contributed by atoms with Crippen molar-refractivity contribution in [3.63, 3.8) is 0 Å². The van der Waals surface area contributed by atoms with E-state index < -0.39 is 23.7 Å². The summed E-state index contributed by atoms with van der Waals surface area (Å²) in [6.45, 7) is -0.399. The lowest BCUT2D eigenvalue weighted by Crippen LogP contribution is -2.34. The van der Waals surface area contributed by atoms with Crippen molar-refractivity contribution in [2.24, 2.45) is 0 Å². The minimum atomic E-state index is -0.656. The van der Waals surface area contributed by atoms with Gasteiger partial charge in [-0.25, -0.2) is 0 Å². The standard InChI is InChI=1S/C11H7Br2NO5S/c1-18-8(15)4-14-10(16)7(20-11(14)17)3-5-2-6(12)9(13)19-5/h2-3H,4H2,1H3. The highest BCUT2D eigenvalue weighted by molar-refractivity contribution is 9.13. The number of nitrogens with zero attached hydrogens (tertiary/aromatic N) is 1. The monoisotopic (exact) mass is 423 g/mol. The maximum atomic E-state index is 12.0. The Morgan fingerprint density at radius 3 is 2.75 bits per heavy atom. The highest BCUT2D eigenvalue weighted by Gasteiger charge is 2.36. The van der Waals surface area contributed by atoms with Gasteiger partial charge in [0, 0.05) is 6.08 Å². The van der Waals surface area contributed by atoms with Crippen LogP contribution in [0.25, 0.3) is 6.08 Å². The molecule has 1 aromatic rings. The van der Waals surface area contributed by atoms with Crippen LogP contribution in [0.1, 0.15) is 5.76 Å². The molecule has 20 heavy (non-hydrogen) atoms. The molecule has 2 rings (SSSR count). The maximum Gasteiger partial charge on any atom is 0.325 e. The van der Waals surface area contributed by atoms with Crippen LogP contribution < -0.4 is 0 Å². The van der Waals surface area contributed by atoms with Crippen molar-refractivity contribution in [2.75, 3.05) is 13.7 Å². The molecular weight excluding hydrogens is 418 g/mol. The number of amides is 2. The van der Waals surface area contributed by atoms with Gasteiger partial charge in [-0.15, -0.1) is 0 Å². The van der Waals surface area contributed by atoms with Crippen LogP contribution in [-0.4, -0.2) is 35.7 Å². The second-order valence-electron chi connectivity index (χ2n) is 3.61. The van der Waals surface area contributed by atoms with Gasteiger partial charge in [-0.3, -0.25) is 19.3 Å². The molecule has 0 unspecified atom stereocenters. The van der Waals surface area contributed by atoms with Crippen LogP contribution in [0.5, 0.6) is 0 Å². The van der Waals surface area contributed by atoms with Gasteiger partial charge < -0.3 is 9.15 Å². The van der Waals surface area contributed by atoms with Crippen LogP contribution in [0.15, 0.2) is 24.5 Å². The fourth-order valence-corrected chi connectivity index (χ4v) is 2.82. The van der Waals surface area contributed by atoms with Gasteiger partial charge in [-0.05, 0) is 49.7 Å². The van der Waals surface area contributed by atoms with E-state index in [9.17, 15) is 14.4 Å². The number of methoxy groups -OCH3 is 1. The first-order valence-electron chi connectivity index (χ1n) is 5.19. The third-order valence-corrected chi connectivity index (χ3v) is 4.94. The predicted octanol–water partition coefficient (Wildman–Crippen LogP) is 3.01. The lowest BCUT2D eigenvalue weighted by Gasteiger charge is -2.09. The van der Waals surface area contributed by atoms with Crippen LogP contribution >= 0.6 is 43.6 Å². The van der Waals surface area contributed by atoms with Crippen LogP contribution in [0.3, 0.4) is 0 Å². The van der Waals surface area contributed by atoms with E-state index in [-0.39, 0.29) is 4.91 Å². The van der Waals surface area contributed by atoms with E-state index in [1.54, 1.807) is 6.07 Å². The number of hydrogen-bond acceptors (Lipinski definition) is 6. The molecule has 1 aliphatic rings. The normalized spacial score (nSPS) is 17.1. The smallest absolute Gasteiger partial charge is 0.325 e. The highest BCUT2D eigenvalue weighted by atomic mass is 79.9. The average Bonchev–Trinajstić information content (AvgIpc) is 2.84. The summed E-state index contributed by atoms with van der Waals surface area (Å²) in [4.78, 5) is 35.8.